The minimum absolute atomic E-state index is 0. The molecule has 0 bridgehead atoms. The van der Waals surface area contributed by atoms with Gasteiger partial charge in [0.1, 0.15) is 0 Å². The smallest absolute Gasteiger partial charge is 0.226 e. The van der Waals surface area contributed by atoms with E-state index in [0.29, 0.717) is 0 Å². The molecule has 2 aliphatic heterocycles. The third-order valence-electron chi connectivity index (χ3n) is 6.34. The van der Waals surface area contributed by atoms with E-state index >= 15 is 0 Å². The lowest BCUT2D eigenvalue weighted by Gasteiger charge is -2.36. The maximum atomic E-state index is 12.8. The van der Waals surface area contributed by atoms with Gasteiger partial charge in [0, 0.05) is 31.5 Å². The summed E-state index contributed by atoms with van der Waals surface area (Å²) in [5.74, 6) is 0.155. The van der Waals surface area contributed by atoms with Crippen molar-refractivity contribution in [3.63, 3.8) is 0 Å². The van der Waals surface area contributed by atoms with Gasteiger partial charge in [0.05, 0.1) is 0 Å². The standard InChI is InChI=1S/C19H33N3O2.ClH/c1-19(8-10-20-11-9-19)14-21-17(23)15-6-2-3-7-16(15)18(24)22-12-4-5-13-22;/h15-16,20H,2-14H2,1H3,(H,21,23);1H. The third-order valence-corrected chi connectivity index (χ3v) is 6.34. The van der Waals surface area contributed by atoms with Crippen molar-refractivity contribution >= 4 is 24.2 Å². The lowest BCUT2D eigenvalue weighted by atomic mass is 9.77. The summed E-state index contributed by atoms with van der Waals surface area (Å²) in [6.45, 7) is 6.84. The number of piperidine rings is 1. The molecule has 0 radical (unpaired) electrons. The second kappa shape index (κ2) is 9.22. The fourth-order valence-electron chi connectivity index (χ4n) is 4.55. The van der Waals surface area contributed by atoms with Gasteiger partial charge in [0.25, 0.3) is 0 Å². The number of likely N-dealkylation sites (tertiary alicyclic amines) is 1. The van der Waals surface area contributed by atoms with Gasteiger partial charge in [-0.1, -0.05) is 19.8 Å². The highest BCUT2D eigenvalue weighted by molar-refractivity contribution is 5.88. The number of rotatable bonds is 4. The second-order valence-corrected chi connectivity index (χ2v) is 8.31. The number of nitrogens with zero attached hydrogens (tertiary/aromatic N) is 1. The minimum Gasteiger partial charge on any atom is -0.355 e. The predicted molar refractivity (Wildman–Crippen MR) is 102 cm³/mol. The molecule has 2 saturated heterocycles. The number of amides is 2. The highest BCUT2D eigenvalue weighted by Crippen LogP contribution is 2.33. The summed E-state index contributed by atoms with van der Waals surface area (Å²) in [6.07, 6.45) is 8.34. The molecule has 6 heteroatoms. The zero-order valence-corrected chi connectivity index (χ0v) is 16.3. The summed E-state index contributed by atoms with van der Waals surface area (Å²) in [6, 6.07) is 0. The number of halogens is 1. The van der Waals surface area contributed by atoms with Gasteiger partial charge in [0.2, 0.25) is 11.8 Å². The van der Waals surface area contributed by atoms with Crippen LogP contribution in [0.2, 0.25) is 0 Å². The molecule has 2 heterocycles. The largest absolute Gasteiger partial charge is 0.355 e. The van der Waals surface area contributed by atoms with E-state index in [2.05, 4.69) is 17.6 Å². The van der Waals surface area contributed by atoms with Crippen LogP contribution < -0.4 is 10.6 Å². The molecule has 0 aromatic carbocycles. The molecule has 0 spiro atoms. The van der Waals surface area contributed by atoms with Crippen LogP contribution in [0.25, 0.3) is 0 Å². The average molecular weight is 372 g/mol. The summed E-state index contributed by atoms with van der Waals surface area (Å²) in [4.78, 5) is 27.6. The van der Waals surface area contributed by atoms with Crippen LogP contribution in [0.4, 0.5) is 0 Å². The number of carbonyl (C=O) groups excluding carboxylic acids is 2. The summed E-state index contributed by atoms with van der Waals surface area (Å²) in [5, 5.41) is 6.58. The first-order valence-corrected chi connectivity index (χ1v) is 9.86. The normalized spacial score (nSPS) is 28.9. The lowest BCUT2D eigenvalue weighted by molar-refractivity contribution is -0.143. The van der Waals surface area contributed by atoms with Crippen LogP contribution in [0.1, 0.15) is 58.3 Å². The Morgan fingerprint density at radius 1 is 1.04 bits per heavy atom. The van der Waals surface area contributed by atoms with Crippen molar-refractivity contribution < 1.29 is 9.59 Å². The first-order chi connectivity index (χ1) is 11.6. The van der Waals surface area contributed by atoms with Gasteiger partial charge in [0.15, 0.2) is 0 Å². The topological polar surface area (TPSA) is 61.4 Å². The van der Waals surface area contributed by atoms with E-state index < -0.39 is 0 Å². The third kappa shape index (κ3) is 5.10. The molecule has 1 saturated carbocycles. The van der Waals surface area contributed by atoms with Crippen molar-refractivity contribution in [1.29, 1.82) is 0 Å². The van der Waals surface area contributed by atoms with Crippen LogP contribution in [-0.2, 0) is 9.59 Å². The van der Waals surface area contributed by atoms with E-state index in [1.807, 2.05) is 4.90 Å². The minimum atomic E-state index is -0.114. The maximum absolute atomic E-state index is 12.8. The summed E-state index contributed by atoms with van der Waals surface area (Å²) in [5.41, 5.74) is 0.198. The van der Waals surface area contributed by atoms with Crippen molar-refractivity contribution in [2.75, 3.05) is 32.7 Å². The number of hydrogen-bond donors (Lipinski definition) is 2. The Kier molecular flexibility index (Phi) is 7.56. The molecule has 2 unspecified atom stereocenters. The van der Waals surface area contributed by atoms with Gasteiger partial charge in [-0.05, 0) is 57.0 Å². The van der Waals surface area contributed by atoms with E-state index in [9.17, 15) is 9.59 Å². The lowest BCUT2D eigenvalue weighted by Crippen LogP contribution is -2.48. The molecule has 3 aliphatic rings. The van der Waals surface area contributed by atoms with Gasteiger partial charge in [-0.25, -0.2) is 0 Å². The zero-order valence-electron chi connectivity index (χ0n) is 15.5. The average Bonchev–Trinajstić information content (AvgIpc) is 3.14. The predicted octanol–water partition coefficient (Wildman–Crippen LogP) is 2.34. The highest BCUT2D eigenvalue weighted by Gasteiger charge is 2.39. The van der Waals surface area contributed by atoms with E-state index in [-0.39, 0.29) is 41.5 Å². The Balaban J connectivity index is 0.00000225. The van der Waals surface area contributed by atoms with Crippen LogP contribution in [0.15, 0.2) is 0 Å². The monoisotopic (exact) mass is 371 g/mol. The van der Waals surface area contributed by atoms with Crippen LogP contribution in [0.3, 0.4) is 0 Å². The zero-order chi connectivity index (χ0) is 17.0. The fourth-order valence-corrected chi connectivity index (χ4v) is 4.55. The van der Waals surface area contributed by atoms with Gasteiger partial charge in [-0.3, -0.25) is 9.59 Å². The Bertz CT molecular complexity index is 460. The quantitative estimate of drug-likeness (QED) is 0.797. The van der Waals surface area contributed by atoms with E-state index in [0.717, 1.165) is 84.1 Å². The van der Waals surface area contributed by atoms with Gasteiger partial charge < -0.3 is 15.5 Å². The second-order valence-electron chi connectivity index (χ2n) is 8.31. The van der Waals surface area contributed by atoms with Crippen molar-refractivity contribution in [3.8, 4) is 0 Å². The van der Waals surface area contributed by atoms with Crippen molar-refractivity contribution in [1.82, 2.24) is 15.5 Å². The van der Waals surface area contributed by atoms with Gasteiger partial charge in [-0.15, -0.1) is 12.4 Å². The summed E-state index contributed by atoms with van der Waals surface area (Å²) in [7, 11) is 0. The molecule has 1 aliphatic carbocycles. The van der Waals surface area contributed by atoms with Gasteiger partial charge >= 0.3 is 0 Å². The van der Waals surface area contributed by atoms with Crippen LogP contribution >= 0.6 is 12.4 Å². The van der Waals surface area contributed by atoms with Crippen LogP contribution in [-0.4, -0.2) is 49.4 Å². The van der Waals surface area contributed by atoms with E-state index in [4.69, 9.17) is 0 Å². The number of carbonyl (C=O) groups is 2. The molecule has 0 aromatic heterocycles. The van der Waals surface area contributed by atoms with E-state index in [1.165, 1.54) is 0 Å². The molecule has 2 N–H and O–H groups in total. The molecule has 3 rings (SSSR count). The van der Waals surface area contributed by atoms with Crippen LogP contribution in [0, 0.1) is 17.3 Å². The molecule has 2 atom stereocenters. The molecule has 144 valence electrons. The molecule has 2 amide bonds. The van der Waals surface area contributed by atoms with Crippen molar-refractivity contribution in [2.45, 2.75) is 58.3 Å². The first-order valence-electron chi connectivity index (χ1n) is 9.86. The molecule has 25 heavy (non-hydrogen) atoms. The number of hydrogen-bond acceptors (Lipinski definition) is 3. The Hall–Kier alpha value is -0.810. The Morgan fingerprint density at radius 3 is 2.28 bits per heavy atom. The van der Waals surface area contributed by atoms with Crippen molar-refractivity contribution in [2.24, 2.45) is 17.3 Å². The molecular weight excluding hydrogens is 338 g/mol. The fraction of sp³-hybridized carbons (Fsp3) is 0.895. The highest BCUT2D eigenvalue weighted by atomic mass is 35.5. The van der Waals surface area contributed by atoms with E-state index in [1.54, 1.807) is 0 Å². The Labute approximate surface area is 158 Å². The maximum Gasteiger partial charge on any atom is 0.226 e. The first kappa shape index (κ1) is 20.5. The van der Waals surface area contributed by atoms with Crippen LogP contribution in [0.5, 0.6) is 0 Å². The molecule has 0 aromatic rings. The number of nitrogens with one attached hydrogen (secondary N) is 2. The molecular formula is C19H34ClN3O2. The van der Waals surface area contributed by atoms with Gasteiger partial charge in [-0.2, -0.15) is 0 Å². The molecule has 3 fully saturated rings. The Morgan fingerprint density at radius 2 is 1.64 bits per heavy atom. The SMILES string of the molecule is CC1(CNC(=O)C2CCCCC2C(=O)N2CCCC2)CCNCC1.Cl. The summed E-state index contributed by atoms with van der Waals surface area (Å²) >= 11 is 0. The summed E-state index contributed by atoms with van der Waals surface area (Å²) < 4.78 is 0. The molecule has 5 nitrogen and oxygen atoms in total. The van der Waals surface area contributed by atoms with Crippen molar-refractivity contribution in [3.05, 3.63) is 0 Å².